The lowest BCUT2D eigenvalue weighted by Crippen LogP contribution is -2.21. The summed E-state index contributed by atoms with van der Waals surface area (Å²) in [7, 11) is 0. The summed E-state index contributed by atoms with van der Waals surface area (Å²) in [5.41, 5.74) is 3.82. The van der Waals surface area contributed by atoms with Crippen LogP contribution in [-0.2, 0) is 0 Å². The number of nitrogens with one attached hydrogen (secondary N) is 2. The van der Waals surface area contributed by atoms with Crippen LogP contribution in [-0.4, -0.2) is 18.1 Å². The second kappa shape index (κ2) is 9.41. The zero-order valence-corrected chi connectivity index (χ0v) is 15.8. The molecular formula is C22H25N3S. The van der Waals surface area contributed by atoms with Crippen LogP contribution in [0.15, 0.2) is 72.3 Å². The number of anilines is 1. The minimum atomic E-state index is 0.844. The highest BCUT2D eigenvalue weighted by molar-refractivity contribution is 7.80. The molecule has 3 nitrogen and oxygen atoms in total. The molecule has 4 rings (SSSR count). The molecule has 2 heterocycles. The molecule has 0 unspecified atom stereocenters. The lowest BCUT2D eigenvalue weighted by molar-refractivity contribution is 0.520. The van der Waals surface area contributed by atoms with Crippen molar-refractivity contribution in [3.63, 3.8) is 0 Å². The van der Waals surface area contributed by atoms with E-state index in [2.05, 4.69) is 40.9 Å². The van der Waals surface area contributed by atoms with Crippen molar-refractivity contribution in [3.05, 3.63) is 72.9 Å². The number of nitrogens with zero attached hydrogens (tertiary/aromatic N) is 1. The predicted octanol–water partition coefficient (Wildman–Crippen LogP) is 5.37. The lowest BCUT2D eigenvalue weighted by atomic mass is 10.1. The first kappa shape index (κ1) is 18.5. The SMILES string of the molecule is C1CCNCC1.C=C(Nc1cccc(S)c1)c1ccc2cccnc2c1. The molecule has 1 saturated heterocycles. The van der Waals surface area contributed by atoms with Gasteiger partial charge in [0, 0.05) is 27.9 Å². The molecule has 0 atom stereocenters. The Morgan fingerprint density at radius 2 is 1.85 bits per heavy atom. The van der Waals surface area contributed by atoms with Crippen LogP contribution in [0.4, 0.5) is 5.69 Å². The zero-order valence-electron chi connectivity index (χ0n) is 14.9. The normalized spacial score (nSPS) is 13.6. The molecular weight excluding hydrogens is 338 g/mol. The molecule has 0 radical (unpaired) electrons. The van der Waals surface area contributed by atoms with E-state index in [0.29, 0.717) is 0 Å². The number of benzene rings is 2. The van der Waals surface area contributed by atoms with Crippen LogP contribution in [0.2, 0.25) is 0 Å². The first-order valence-corrected chi connectivity index (χ1v) is 9.48. The van der Waals surface area contributed by atoms with Gasteiger partial charge in [-0.1, -0.05) is 37.3 Å². The Labute approximate surface area is 161 Å². The van der Waals surface area contributed by atoms with Crippen LogP contribution in [0.3, 0.4) is 0 Å². The topological polar surface area (TPSA) is 37.0 Å². The number of hydrogen-bond acceptors (Lipinski definition) is 4. The number of pyridine rings is 1. The van der Waals surface area contributed by atoms with Gasteiger partial charge in [0.2, 0.25) is 0 Å². The van der Waals surface area contributed by atoms with Crippen molar-refractivity contribution in [2.75, 3.05) is 18.4 Å². The summed E-state index contributed by atoms with van der Waals surface area (Å²) >= 11 is 4.33. The highest BCUT2D eigenvalue weighted by Gasteiger charge is 2.02. The van der Waals surface area contributed by atoms with E-state index >= 15 is 0 Å². The number of piperidine rings is 1. The Hall–Kier alpha value is -2.30. The summed E-state index contributed by atoms with van der Waals surface area (Å²) in [5, 5.41) is 7.70. The maximum absolute atomic E-state index is 4.36. The molecule has 4 heteroatoms. The zero-order chi connectivity index (χ0) is 18.2. The van der Waals surface area contributed by atoms with Crippen molar-refractivity contribution in [1.29, 1.82) is 0 Å². The standard InChI is InChI=1S/C17H14N2S.C5H11N/c1-12(19-15-5-2-6-16(20)11-15)14-8-7-13-4-3-9-18-17(13)10-14;1-2-4-6-5-3-1/h2-11,19-20H,1H2;6H,1-5H2. The third-order valence-corrected chi connectivity index (χ3v) is 4.58. The molecule has 26 heavy (non-hydrogen) atoms. The average molecular weight is 364 g/mol. The maximum atomic E-state index is 4.36. The Bertz CT molecular complexity index is 860. The third-order valence-electron chi connectivity index (χ3n) is 4.30. The largest absolute Gasteiger partial charge is 0.355 e. The lowest BCUT2D eigenvalue weighted by Gasteiger charge is -2.11. The van der Waals surface area contributed by atoms with E-state index in [1.807, 2.05) is 48.5 Å². The van der Waals surface area contributed by atoms with Crippen molar-refractivity contribution >= 4 is 34.9 Å². The molecule has 0 saturated carbocycles. The first-order chi connectivity index (χ1) is 12.7. The summed E-state index contributed by atoms with van der Waals surface area (Å²) in [6.07, 6.45) is 6.01. The molecule has 1 aromatic heterocycles. The van der Waals surface area contributed by atoms with E-state index in [1.54, 1.807) is 6.20 Å². The monoisotopic (exact) mass is 363 g/mol. The van der Waals surface area contributed by atoms with Crippen LogP contribution >= 0.6 is 12.6 Å². The Balaban J connectivity index is 0.000000278. The molecule has 1 aliphatic heterocycles. The van der Waals surface area contributed by atoms with Gasteiger partial charge in [-0.2, -0.15) is 0 Å². The Morgan fingerprint density at radius 3 is 2.54 bits per heavy atom. The van der Waals surface area contributed by atoms with Crippen molar-refractivity contribution in [3.8, 4) is 0 Å². The minimum Gasteiger partial charge on any atom is -0.355 e. The third kappa shape index (κ3) is 5.35. The Morgan fingerprint density at radius 1 is 1.00 bits per heavy atom. The number of hydrogen-bond donors (Lipinski definition) is 3. The molecule has 2 aromatic carbocycles. The van der Waals surface area contributed by atoms with E-state index in [-0.39, 0.29) is 0 Å². The fourth-order valence-corrected chi connectivity index (χ4v) is 3.11. The molecule has 1 fully saturated rings. The molecule has 134 valence electrons. The van der Waals surface area contributed by atoms with Gasteiger partial charge in [-0.15, -0.1) is 12.6 Å². The second-order valence-corrected chi connectivity index (χ2v) is 6.89. The highest BCUT2D eigenvalue weighted by Crippen LogP contribution is 2.22. The van der Waals surface area contributed by atoms with Crippen molar-refractivity contribution < 1.29 is 0 Å². The van der Waals surface area contributed by atoms with E-state index in [1.165, 1.54) is 32.4 Å². The molecule has 1 aliphatic rings. The highest BCUT2D eigenvalue weighted by atomic mass is 32.1. The van der Waals surface area contributed by atoms with Gasteiger partial charge in [-0.25, -0.2) is 0 Å². The summed E-state index contributed by atoms with van der Waals surface area (Å²) in [6, 6.07) is 18.0. The molecule has 2 N–H and O–H groups in total. The van der Waals surface area contributed by atoms with Crippen molar-refractivity contribution in [1.82, 2.24) is 10.3 Å². The molecule has 3 aromatic rings. The number of thiol groups is 1. The van der Waals surface area contributed by atoms with Crippen molar-refractivity contribution in [2.45, 2.75) is 24.2 Å². The van der Waals surface area contributed by atoms with E-state index in [4.69, 9.17) is 0 Å². The van der Waals surface area contributed by atoms with E-state index in [0.717, 1.165) is 32.7 Å². The van der Waals surface area contributed by atoms with Gasteiger partial charge >= 0.3 is 0 Å². The van der Waals surface area contributed by atoms with Gasteiger partial charge in [0.15, 0.2) is 0 Å². The molecule has 0 amide bonds. The molecule has 0 spiro atoms. The minimum absolute atomic E-state index is 0.844. The van der Waals surface area contributed by atoms with Crippen LogP contribution in [0, 0.1) is 0 Å². The van der Waals surface area contributed by atoms with E-state index in [9.17, 15) is 0 Å². The van der Waals surface area contributed by atoms with Crippen LogP contribution in [0.1, 0.15) is 24.8 Å². The smallest absolute Gasteiger partial charge is 0.0708 e. The van der Waals surface area contributed by atoms with E-state index < -0.39 is 0 Å². The van der Waals surface area contributed by atoms with Crippen LogP contribution in [0.5, 0.6) is 0 Å². The van der Waals surface area contributed by atoms with Crippen molar-refractivity contribution in [2.24, 2.45) is 0 Å². The van der Waals surface area contributed by atoms with Gasteiger partial charge < -0.3 is 10.6 Å². The summed E-state index contributed by atoms with van der Waals surface area (Å²) < 4.78 is 0. The van der Waals surface area contributed by atoms with Gasteiger partial charge in [-0.3, -0.25) is 4.98 Å². The van der Waals surface area contributed by atoms with Gasteiger partial charge in [0.1, 0.15) is 0 Å². The predicted molar refractivity (Wildman–Crippen MR) is 115 cm³/mol. The van der Waals surface area contributed by atoms with Gasteiger partial charge in [-0.05, 0) is 61.8 Å². The maximum Gasteiger partial charge on any atom is 0.0708 e. The number of fused-ring (bicyclic) bond motifs is 1. The molecule has 0 aliphatic carbocycles. The summed E-state index contributed by atoms with van der Waals surface area (Å²) in [6.45, 7) is 6.59. The number of aromatic nitrogens is 1. The van der Waals surface area contributed by atoms with Gasteiger partial charge in [0.25, 0.3) is 0 Å². The van der Waals surface area contributed by atoms with Crippen LogP contribution in [0.25, 0.3) is 16.6 Å². The van der Waals surface area contributed by atoms with Crippen LogP contribution < -0.4 is 10.6 Å². The fraction of sp³-hybridized carbons (Fsp3) is 0.227. The molecule has 0 bridgehead atoms. The fourth-order valence-electron chi connectivity index (χ4n) is 2.89. The average Bonchev–Trinajstić information content (AvgIpc) is 2.69. The van der Waals surface area contributed by atoms with Gasteiger partial charge in [0.05, 0.1) is 5.52 Å². The first-order valence-electron chi connectivity index (χ1n) is 9.03. The second-order valence-electron chi connectivity index (χ2n) is 6.38. The Kier molecular flexibility index (Phi) is 6.69. The summed E-state index contributed by atoms with van der Waals surface area (Å²) in [5.74, 6) is 0. The quantitative estimate of drug-likeness (QED) is 0.548. The number of rotatable bonds is 3. The summed E-state index contributed by atoms with van der Waals surface area (Å²) in [4.78, 5) is 5.28.